The molecule has 2 aromatic rings. The molecule has 0 spiro atoms. The van der Waals surface area contributed by atoms with Crippen LogP contribution in [-0.4, -0.2) is 45.4 Å². The molecule has 0 saturated carbocycles. The van der Waals surface area contributed by atoms with Crippen LogP contribution in [0.15, 0.2) is 66.1 Å². The molecule has 30 heavy (non-hydrogen) atoms. The highest BCUT2D eigenvalue weighted by atomic mass is 32.2. The van der Waals surface area contributed by atoms with Gasteiger partial charge >= 0.3 is 0 Å². The van der Waals surface area contributed by atoms with Crippen molar-refractivity contribution in [2.45, 2.75) is 17.7 Å². The molecule has 7 nitrogen and oxygen atoms in total. The van der Waals surface area contributed by atoms with Crippen LogP contribution in [0.2, 0.25) is 0 Å². The highest BCUT2D eigenvalue weighted by molar-refractivity contribution is 7.89. The van der Waals surface area contributed by atoms with Crippen LogP contribution in [-0.2, 0) is 14.8 Å². The quantitative estimate of drug-likeness (QED) is 0.650. The molecule has 2 aromatic carbocycles. The zero-order valence-corrected chi connectivity index (χ0v) is 17.7. The minimum atomic E-state index is -3.67. The van der Waals surface area contributed by atoms with E-state index in [0.717, 1.165) is 0 Å². The molecule has 1 amide bonds. The van der Waals surface area contributed by atoms with Crippen LogP contribution in [0.5, 0.6) is 11.5 Å². The molecule has 3 rings (SSSR count). The van der Waals surface area contributed by atoms with E-state index in [9.17, 15) is 13.2 Å². The van der Waals surface area contributed by atoms with E-state index in [4.69, 9.17) is 9.47 Å². The Morgan fingerprint density at radius 1 is 1.23 bits per heavy atom. The molecule has 0 bridgehead atoms. The first-order chi connectivity index (χ1) is 14.4. The van der Waals surface area contributed by atoms with Gasteiger partial charge in [-0.2, -0.15) is 4.31 Å². The number of ether oxygens (including phenoxy) is 2. The molecule has 1 saturated heterocycles. The first-order valence-electron chi connectivity index (χ1n) is 9.73. The van der Waals surface area contributed by atoms with Gasteiger partial charge in [0.15, 0.2) is 0 Å². The average Bonchev–Trinajstić information content (AvgIpc) is 2.78. The number of methoxy groups -OCH3 is 1. The van der Waals surface area contributed by atoms with Crippen molar-refractivity contribution in [1.82, 2.24) is 4.31 Å². The van der Waals surface area contributed by atoms with E-state index in [2.05, 4.69) is 11.9 Å². The molecule has 1 aliphatic rings. The fourth-order valence-electron chi connectivity index (χ4n) is 3.33. The third-order valence-corrected chi connectivity index (χ3v) is 6.80. The standard InChI is InChI=1S/C22H26N2O5S/c1-3-14-29-20-8-4-7-18(15-20)23-22(25)17-6-5-13-24(16-17)30(26,27)21-11-9-19(28-2)10-12-21/h3-4,7-12,15,17H,1,5-6,13-14,16H2,2H3,(H,23,25)/t17-/m0/s1. The van der Waals surface area contributed by atoms with Crippen LogP contribution in [0, 0.1) is 5.92 Å². The number of hydrogen-bond acceptors (Lipinski definition) is 5. The number of nitrogens with one attached hydrogen (secondary N) is 1. The molecule has 0 aliphatic carbocycles. The fourth-order valence-corrected chi connectivity index (χ4v) is 4.86. The summed E-state index contributed by atoms with van der Waals surface area (Å²) in [5.41, 5.74) is 0.608. The minimum absolute atomic E-state index is 0.146. The van der Waals surface area contributed by atoms with E-state index >= 15 is 0 Å². The van der Waals surface area contributed by atoms with E-state index in [1.54, 1.807) is 42.5 Å². The summed E-state index contributed by atoms with van der Waals surface area (Å²) in [6.45, 7) is 4.52. The Bertz CT molecular complexity index is 989. The maximum atomic E-state index is 13.0. The summed E-state index contributed by atoms with van der Waals surface area (Å²) in [5, 5.41) is 2.87. The van der Waals surface area contributed by atoms with Crippen molar-refractivity contribution in [1.29, 1.82) is 0 Å². The molecule has 0 radical (unpaired) electrons. The van der Waals surface area contributed by atoms with E-state index in [0.29, 0.717) is 43.2 Å². The second-order valence-electron chi connectivity index (χ2n) is 6.99. The molecule has 1 aliphatic heterocycles. The summed E-state index contributed by atoms with van der Waals surface area (Å²) in [7, 11) is -2.15. The first-order valence-corrected chi connectivity index (χ1v) is 11.2. The van der Waals surface area contributed by atoms with Gasteiger partial charge in [0, 0.05) is 24.8 Å². The number of amides is 1. The second-order valence-corrected chi connectivity index (χ2v) is 8.93. The number of carbonyl (C=O) groups excluding carboxylic acids is 1. The summed E-state index contributed by atoms with van der Waals surface area (Å²) < 4.78 is 37.9. The van der Waals surface area contributed by atoms with Gasteiger partial charge in [-0.15, -0.1) is 0 Å². The normalized spacial score (nSPS) is 17.2. The van der Waals surface area contributed by atoms with Crippen LogP contribution in [0.25, 0.3) is 0 Å². The van der Waals surface area contributed by atoms with Crippen LogP contribution in [0.4, 0.5) is 5.69 Å². The van der Waals surface area contributed by atoms with Gasteiger partial charge in [0.05, 0.1) is 17.9 Å². The van der Waals surface area contributed by atoms with Crippen molar-refractivity contribution in [2.75, 3.05) is 32.1 Å². The highest BCUT2D eigenvalue weighted by Crippen LogP contribution is 2.26. The number of rotatable bonds is 8. The van der Waals surface area contributed by atoms with Crippen LogP contribution in [0.3, 0.4) is 0 Å². The van der Waals surface area contributed by atoms with Crippen LogP contribution >= 0.6 is 0 Å². The largest absolute Gasteiger partial charge is 0.497 e. The highest BCUT2D eigenvalue weighted by Gasteiger charge is 2.33. The summed E-state index contributed by atoms with van der Waals surface area (Å²) in [5.74, 6) is 0.583. The first kappa shape index (κ1) is 21.9. The minimum Gasteiger partial charge on any atom is -0.497 e. The smallest absolute Gasteiger partial charge is 0.243 e. The maximum absolute atomic E-state index is 13.0. The van der Waals surface area contributed by atoms with Crippen LogP contribution < -0.4 is 14.8 Å². The van der Waals surface area contributed by atoms with Crippen molar-refractivity contribution >= 4 is 21.6 Å². The lowest BCUT2D eigenvalue weighted by Crippen LogP contribution is -2.43. The molecular formula is C22H26N2O5S. The molecule has 1 atom stereocenters. The Kier molecular flexibility index (Phi) is 7.12. The molecule has 1 N–H and O–H groups in total. The molecule has 1 fully saturated rings. The van der Waals surface area contributed by atoms with Gasteiger partial charge in [-0.25, -0.2) is 8.42 Å². The van der Waals surface area contributed by atoms with Crippen molar-refractivity contribution in [3.8, 4) is 11.5 Å². The predicted molar refractivity (Wildman–Crippen MR) is 115 cm³/mol. The zero-order chi connectivity index (χ0) is 21.6. The number of hydrogen-bond donors (Lipinski definition) is 1. The Balaban J connectivity index is 1.67. The average molecular weight is 431 g/mol. The van der Waals surface area contributed by atoms with E-state index in [1.165, 1.54) is 23.5 Å². The Labute approximate surface area is 177 Å². The monoisotopic (exact) mass is 430 g/mol. The van der Waals surface area contributed by atoms with Crippen LogP contribution in [0.1, 0.15) is 12.8 Å². The second kappa shape index (κ2) is 9.77. The Morgan fingerprint density at radius 2 is 2.00 bits per heavy atom. The Hall–Kier alpha value is -2.84. The fraction of sp³-hybridized carbons (Fsp3) is 0.318. The van der Waals surface area contributed by atoms with Gasteiger partial charge in [0.25, 0.3) is 0 Å². The molecular weight excluding hydrogens is 404 g/mol. The lowest BCUT2D eigenvalue weighted by Gasteiger charge is -2.31. The van der Waals surface area contributed by atoms with Gasteiger partial charge in [-0.05, 0) is 49.2 Å². The van der Waals surface area contributed by atoms with E-state index in [-0.39, 0.29) is 17.3 Å². The number of carbonyl (C=O) groups is 1. The van der Waals surface area contributed by atoms with Crippen molar-refractivity contribution < 1.29 is 22.7 Å². The van der Waals surface area contributed by atoms with Gasteiger partial charge in [-0.1, -0.05) is 18.7 Å². The molecule has 1 heterocycles. The van der Waals surface area contributed by atoms with Gasteiger partial charge in [-0.3, -0.25) is 4.79 Å². The molecule has 0 aromatic heterocycles. The number of nitrogens with zero attached hydrogens (tertiary/aromatic N) is 1. The van der Waals surface area contributed by atoms with Crippen molar-refractivity contribution in [3.05, 3.63) is 61.2 Å². The topological polar surface area (TPSA) is 84.9 Å². The third kappa shape index (κ3) is 5.20. The van der Waals surface area contributed by atoms with E-state index < -0.39 is 15.9 Å². The van der Waals surface area contributed by atoms with Gasteiger partial charge < -0.3 is 14.8 Å². The molecule has 160 valence electrons. The lowest BCUT2D eigenvalue weighted by molar-refractivity contribution is -0.120. The number of anilines is 1. The summed E-state index contributed by atoms with van der Waals surface area (Å²) >= 11 is 0. The van der Waals surface area contributed by atoms with E-state index in [1.807, 2.05) is 0 Å². The summed E-state index contributed by atoms with van der Waals surface area (Å²) in [6.07, 6.45) is 2.90. The molecule has 0 unspecified atom stereocenters. The van der Waals surface area contributed by atoms with Gasteiger partial charge in [0.2, 0.25) is 15.9 Å². The SMILES string of the molecule is C=CCOc1cccc(NC(=O)[C@H]2CCCN(S(=O)(=O)c3ccc(OC)cc3)C2)c1. The van der Waals surface area contributed by atoms with Crippen molar-refractivity contribution in [2.24, 2.45) is 5.92 Å². The number of benzene rings is 2. The summed E-state index contributed by atoms with van der Waals surface area (Å²) in [4.78, 5) is 13.0. The van der Waals surface area contributed by atoms with Gasteiger partial charge in [0.1, 0.15) is 18.1 Å². The summed E-state index contributed by atoms with van der Waals surface area (Å²) in [6, 6.07) is 13.4. The van der Waals surface area contributed by atoms with Crippen molar-refractivity contribution in [3.63, 3.8) is 0 Å². The number of sulfonamides is 1. The third-order valence-electron chi connectivity index (χ3n) is 4.92. The Morgan fingerprint density at radius 3 is 2.70 bits per heavy atom. The zero-order valence-electron chi connectivity index (χ0n) is 16.9. The maximum Gasteiger partial charge on any atom is 0.243 e. The number of piperidine rings is 1. The lowest BCUT2D eigenvalue weighted by atomic mass is 9.98. The molecule has 8 heteroatoms. The predicted octanol–water partition coefficient (Wildman–Crippen LogP) is 3.30.